The number of carbonyl (C=O) groups is 4. The maximum absolute atomic E-state index is 12.1. The lowest BCUT2D eigenvalue weighted by atomic mass is 10.1. The van der Waals surface area contributed by atoms with Gasteiger partial charge in [0, 0.05) is 17.4 Å². The van der Waals surface area contributed by atoms with Crippen LogP contribution in [0, 0.1) is 11.8 Å². The zero-order valence-corrected chi connectivity index (χ0v) is 11.6. The number of nitrogens with one attached hydrogen (secondary N) is 1. The van der Waals surface area contributed by atoms with Crippen molar-refractivity contribution in [2.45, 2.75) is 18.9 Å². The molecule has 1 aromatic carbocycles. The van der Waals surface area contributed by atoms with Crippen LogP contribution in [0.15, 0.2) is 30.3 Å². The van der Waals surface area contributed by atoms with Crippen LogP contribution in [-0.4, -0.2) is 39.9 Å². The van der Waals surface area contributed by atoms with E-state index >= 15 is 0 Å². The summed E-state index contributed by atoms with van der Waals surface area (Å²) in [7, 11) is 0. The molecule has 0 spiro atoms. The van der Waals surface area contributed by atoms with Gasteiger partial charge in [0.05, 0.1) is 6.42 Å². The molecule has 0 saturated heterocycles. The molecule has 7 nitrogen and oxygen atoms in total. The Hall–Kier alpha value is -2.70. The van der Waals surface area contributed by atoms with Gasteiger partial charge in [-0.25, -0.2) is 4.79 Å². The molecule has 2 rings (SSSR count). The number of aliphatic carboxylic acids is 2. The van der Waals surface area contributed by atoms with Crippen LogP contribution in [0.1, 0.15) is 23.2 Å². The number of amides is 1. The first kappa shape index (κ1) is 15.7. The van der Waals surface area contributed by atoms with E-state index in [4.69, 9.17) is 10.2 Å². The first-order valence-corrected chi connectivity index (χ1v) is 6.74. The molecule has 1 saturated carbocycles. The van der Waals surface area contributed by atoms with Gasteiger partial charge in [-0.3, -0.25) is 14.4 Å². The molecule has 22 heavy (non-hydrogen) atoms. The van der Waals surface area contributed by atoms with Crippen molar-refractivity contribution in [3.05, 3.63) is 35.9 Å². The zero-order valence-electron chi connectivity index (χ0n) is 11.6. The molecule has 0 heterocycles. The van der Waals surface area contributed by atoms with E-state index in [0.29, 0.717) is 12.0 Å². The fourth-order valence-corrected chi connectivity index (χ4v) is 2.24. The standard InChI is InChI=1S/C15H15NO6/c17-12(18)7-11(15(21)22)16-14(20)10-6-9(10)13(19)8-4-2-1-3-5-8/h1-5,9-11H,6-7H2,(H,16,20)(H,17,18)(H,21,22)/t9-,10+,11+/m0/s1. The number of benzene rings is 1. The van der Waals surface area contributed by atoms with E-state index in [1.807, 2.05) is 0 Å². The van der Waals surface area contributed by atoms with Gasteiger partial charge in [0.15, 0.2) is 5.78 Å². The van der Waals surface area contributed by atoms with Crippen LogP contribution in [-0.2, 0) is 14.4 Å². The fourth-order valence-electron chi connectivity index (χ4n) is 2.24. The van der Waals surface area contributed by atoms with E-state index in [0.717, 1.165) is 0 Å². The summed E-state index contributed by atoms with van der Waals surface area (Å²) in [5, 5.41) is 19.7. The number of hydrogen-bond acceptors (Lipinski definition) is 4. The summed E-state index contributed by atoms with van der Waals surface area (Å²) in [5.41, 5.74) is 0.503. The Morgan fingerprint density at radius 3 is 2.27 bits per heavy atom. The third-order valence-electron chi connectivity index (χ3n) is 3.52. The first-order chi connectivity index (χ1) is 10.4. The molecular weight excluding hydrogens is 290 g/mol. The molecule has 1 aliphatic carbocycles. The minimum absolute atomic E-state index is 0.161. The van der Waals surface area contributed by atoms with Crippen molar-refractivity contribution >= 4 is 23.6 Å². The average Bonchev–Trinajstić information content (AvgIpc) is 3.26. The van der Waals surface area contributed by atoms with Gasteiger partial charge in [-0.15, -0.1) is 0 Å². The number of carboxylic acid groups (broad SMARTS) is 2. The number of carbonyl (C=O) groups excluding carboxylic acids is 2. The van der Waals surface area contributed by atoms with Gasteiger partial charge in [0.25, 0.3) is 0 Å². The second-order valence-corrected chi connectivity index (χ2v) is 5.18. The Bertz CT molecular complexity index is 612. The quantitative estimate of drug-likeness (QED) is 0.633. The number of rotatable bonds is 7. The van der Waals surface area contributed by atoms with Gasteiger partial charge in [-0.05, 0) is 6.42 Å². The molecule has 3 N–H and O–H groups in total. The van der Waals surface area contributed by atoms with Crippen molar-refractivity contribution in [1.29, 1.82) is 0 Å². The molecule has 116 valence electrons. The smallest absolute Gasteiger partial charge is 0.326 e. The summed E-state index contributed by atoms with van der Waals surface area (Å²) in [4.78, 5) is 45.5. The normalized spacial score (nSPS) is 20.7. The molecule has 0 aliphatic heterocycles. The van der Waals surface area contributed by atoms with Crippen molar-refractivity contribution in [3.63, 3.8) is 0 Å². The lowest BCUT2D eigenvalue weighted by Gasteiger charge is -2.12. The Kier molecular flexibility index (Phi) is 4.55. The third kappa shape index (κ3) is 3.69. The molecule has 1 aromatic rings. The highest BCUT2D eigenvalue weighted by molar-refractivity contribution is 6.04. The third-order valence-corrected chi connectivity index (χ3v) is 3.52. The first-order valence-electron chi connectivity index (χ1n) is 6.74. The van der Waals surface area contributed by atoms with Gasteiger partial charge in [-0.2, -0.15) is 0 Å². The Morgan fingerprint density at radius 1 is 1.09 bits per heavy atom. The van der Waals surface area contributed by atoms with Gasteiger partial charge < -0.3 is 15.5 Å². The predicted octanol–water partition coefficient (Wildman–Crippen LogP) is 0.549. The number of ketones is 1. The topological polar surface area (TPSA) is 121 Å². The highest BCUT2D eigenvalue weighted by Gasteiger charge is 2.48. The Morgan fingerprint density at radius 2 is 1.73 bits per heavy atom. The summed E-state index contributed by atoms with van der Waals surface area (Å²) in [6.07, 6.45) is -0.357. The molecule has 0 radical (unpaired) electrons. The maximum atomic E-state index is 12.1. The maximum Gasteiger partial charge on any atom is 0.326 e. The summed E-state index contributed by atoms with van der Waals surface area (Å²) in [6.45, 7) is 0. The van der Waals surface area contributed by atoms with Crippen LogP contribution in [0.5, 0.6) is 0 Å². The monoisotopic (exact) mass is 305 g/mol. The van der Waals surface area contributed by atoms with E-state index in [9.17, 15) is 19.2 Å². The predicted molar refractivity (Wildman–Crippen MR) is 74.2 cm³/mol. The largest absolute Gasteiger partial charge is 0.481 e. The summed E-state index contributed by atoms with van der Waals surface area (Å²) in [6, 6.07) is 7.03. The van der Waals surface area contributed by atoms with Crippen molar-refractivity contribution in [2.75, 3.05) is 0 Å². The molecule has 7 heteroatoms. The second-order valence-electron chi connectivity index (χ2n) is 5.18. The number of Topliss-reactive ketones (excluding diaryl/α,β-unsaturated/α-hetero) is 1. The average molecular weight is 305 g/mol. The summed E-state index contributed by atoms with van der Waals surface area (Å²) >= 11 is 0. The molecular formula is C15H15NO6. The molecule has 0 aromatic heterocycles. The van der Waals surface area contributed by atoms with Crippen molar-refractivity contribution in [3.8, 4) is 0 Å². The van der Waals surface area contributed by atoms with Crippen molar-refractivity contribution < 1.29 is 29.4 Å². The van der Waals surface area contributed by atoms with Crippen molar-refractivity contribution in [2.24, 2.45) is 11.8 Å². The van der Waals surface area contributed by atoms with Gasteiger partial charge >= 0.3 is 11.9 Å². The fraction of sp³-hybridized carbons (Fsp3) is 0.333. The van der Waals surface area contributed by atoms with E-state index in [1.54, 1.807) is 30.3 Å². The minimum Gasteiger partial charge on any atom is -0.481 e. The number of hydrogen-bond donors (Lipinski definition) is 3. The Balaban J connectivity index is 1.94. The van der Waals surface area contributed by atoms with Crippen molar-refractivity contribution in [1.82, 2.24) is 5.32 Å². The SMILES string of the molecule is O=C(O)C[C@@H](NC(=O)[C@@H]1C[C@@H]1C(=O)c1ccccc1)C(=O)O. The minimum atomic E-state index is -1.49. The molecule has 1 amide bonds. The summed E-state index contributed by atoms with van der Waals surface area (Å²) in [5.74, 6) is -4.55. The van der Waals surface area contributed by atoms with Crippen LogP contribution < -0.4 is 5.32 Å². The molecule has 3 atom stereocenters. The van der Waals surface area contributed by atoms with E-state index in [1.165, 1.54) is 0 Å². The molecule has 0 bridgehead atoms. The molecule has 0 unspecified atom stereocenters. The van der Waals surface area contributed by atoms with Crippen LogP contribution >= 0.6 is 0 Å². The highest BCUT2D eigenvalue weighted by atomic mass is 16.4. The summed E-state index contributed by atoms with van der Waals surface area (Å²) < 4.78 is 0. The lowest BCUT2D eigenvalue weighted by molar-refractivity contribution is -0.147. The van der Waals surface area contributed by atoms with E-state index in [2.05, 4.69) is 5.32 Å². The van der Waals surface area contributed by atoms with Crippen LogP contribution in [0.3, 0.4) is 0 Å². The molecule has 1 aliphatic rings. The van der Waals surface area contributed by atoms with Crippen LogP contribution in [0.25, 0.3) is 0 Å². The van der Waals surface area contributed by atoms with Gasteiger partial charge in [-0.1, -0.05) is 30.3 Å². The number of carboxylic acids is 2. The van der Waals surface area contributed by atoms with Gasteiger partial charge in [0.2, 0.25) is 5.91 Å². The zero-order chi connectivity index (χ0) is 16.3. The van der Waals surface area contributed by atoms with Crippen LogP contribution in [0.2, 0.25) is 0 Å². The second kappa shape index (κ2) is 6.38. The van der Waals surface area contributed by atoms with Gasteiger partial charge in [0.1, 0.15) is 6.04 Å². The Labute approximate surface area is 125 Å². The highest BCUT2D eigenvalue weighted by Crippen LogP contribution is 2.41. The molecule has 1 fully saturated rings. The van der Waals surface area contributed by atoms with Crippen LogP contribution in [0.4, 0.5) is 0 Å². The van der Waals surface area contributed by atoms with E-state index < -0.39 is 42.1 Å². The lowest BCUT2D eigenvalue weighted by Crippen LogP contribution is -2.43. The van der Waals surface area contributed by atoms with E-state index in [-0.39, 0.29) is 5.78 Å².